The minimum absolute atomic E-state index is 0.415. The zero-order chi connectivity index (χ0) is 13.8. The molecule has 0 bridgehead atoms. The van der Waals surface area contributed by atoms with Crippen molar-refractivity contribution in [1.82, 2.24) is 15.1 Å². The first-order chi connectivity index (χ1) is 9.15. The van der Waals surface area contributed by atoms with Crippen LogP contribution < -0.4 is 5.32 Å². The van der Waals surface area contributed by atoms with Crippen molar-refractivity contribution >= 4 is 23.5 Å². The minimum Gasteiger partial charge on any atom is -0.312 e. The highest BCUT2D eigenvalue weighted by molar-refractivity contribution is 8.07. The molecule has 1 aliphatic rings. The summed E-state index contributed by atoms with van der Waals surface area (Å²) in [4.78, 5) is 0. The summed E-state index contributed by atoms with van der Waals surface area (Å²) in [5, 5.41) is 10.1. The molecule has 108 valence electrons. The van der Waals surface area contributed by atoms with Crippen molar-refractivity contribution in [2.45, 2.75) is 55.5 Å². The summed E-state index contributed by atoms with van der Waals surface area (Å²) in [5.74, 6) is 1.22. The van der Waals surface area contributed by atoms with E-state index in [0.29, 0.717) is 11.3 Å². The standard InChI is InChI=1S/C14H25N3S2/c1-5-6-17-8-12(7-16-17)14(15-4)13-9-18-10(2)11(3)19-13/h7-8,10-11,13-15H,5-6,9H2,1-4H3. The molecule has 1 aliphatic heterocycles. The lowest BCUT2D eigenvalue weighted by molar-refractivity contribution is 0.579. The van der Waals surface area contributed by atoms with Crippen molar-refractivity contribution in [1.29, 1.82) is 0 Å². The van der Waals surface area contributed by atoms with E-state index in [-0.39, 0.29) is 0 Å². The maximum absolute atomic E-state index is 4.46. The van der Waals surface area contributed by atoms with E-state index in [0.717, 1.165) is 23.5 Å². The molecule has 2 rings (SSSR count). The maximum Gasteiger partial charge on any atom is 0.0538 e. The molecule has 3 nitrogen and oxygen atoms in total. The van der Waals surface area contributed by atoms with E-state index in [1.54, 1.807) is 0 Å². The van der Waals surface area contributed by atoms with Gasteiger partial charge in [-0.3, -0.25) is 4.68 Å². The van der Waals surface area contributed by atoms with Gasteiger partial charge in [0.15, 0.2) is 0 Å². The van der Waals surface area contributed by atoms with Crippen LogP contribution in [0.25, 0.3) is 0 Å². The summed E-state index contributed by atoms with van der Waals surface area (Å²) in [7, 11) is 2.07. The average Bonchev–Trinajstić information content (AvgIpc) is 2.83. The van der Waals surface area contributed by atoms with Crippen LogP contribution in [0, 0.1) is 0 Å². The van der Waals surface area contributed by atoms with Crippen LogP contribution in [0.5, 0.6) is 0 Å². The molecule has 1 saturated heterocycles. The smallest absolute Gasteiger partial charge is 0.0538 e. The number of aryl methyl sites for hydroxylation is 1. The molecule has 2 heterocycles. The van der Waals surface area contributed by atoms with Gasteiger partial charge >= 0.3 is 0 Å². The maximum atomic E-state index is 4.46. The van der Waals surface area contributed by atoms with Crippen LogP contribution in [0.15, 0.2) is 12.4 Å². The van der Waals surface area contributed by atoms with Crippen LogP contribution >= 0.6 is 23.5 Å². The predicted octanol–water partition coefficient (Wildman–Crippen LogP) is 3.18. The number of thioether (sulfide) groups is 2. The third-order valence-electron chi connectivity index (χ3n) is 3.72. The predicted molar refractivity (Wildman–Crippen MR) is 87.1 cm³/mol. The number of nitrogens with one attached hydrogen (secondary N) is 1. The summed E-state index contributed by atoms with van der Waals surface area (Å²) < 4.78 is 2.06. The Balaban J connectivity index is 2.06. The SMILES string of the molecule is CCCn1cc(C(NC)C2CSC(C)C(C)S2)cn1. The molecule has 1 aromatic rings. The second kappa shape index (κ2) is 7.04. The van der Waals surface area contributed by atoms with Crippen molar-refractivity contribution in [2.24, 2.45) is 0 Å². The summed E-state index contributed by atoms with van der Waals surface area (Å²) in [5.41, 5.74) is 1.33. The lowest BCUT2D eigenvalue weighted by Gasteiger charge is -2.35. The molecule has 0 radical (unpaired) electrons. The highest BCUT2D eigenvalue weighted by atomic mass is 32.2. The van der Waals surface area contributed by atoms with Crippen LogP contribution in [0.1, 0.15) is 38.8 Å². The van der Waals surface area contributed by atoms with E-state index < -0.39 is 0 Å². The van der Waals surface area contributed by atoms with Gasteiger partial charge in [0.25, 0.3) is 0 Å². The number of hydrogen-bond donors (Lipinski definition) is 1. The fourth-order valence-electron chi connectivity index (χ4n) is 2.44. The third-order valence-corrected chi connectivity index (χ3v) is 7.22. The van der Waals surface area contributed by atoms with E-state index in [2.05, 4.69) is 72.6 Å². The van der Waals surface area contributed by atoms with E-state index in [9.17, 15) is 0 Å². The fraction of sp³-hybridized carbons (Fsp3) is 0.786. The Labute approximate surface area is 125 Å². The molecule has 0 spiro atoms. The fourth-order valence-corrected chi connectivity index (χ4v) is 5.60. The van der Waals surface area contributed by atoms with Gasteiger partial charge in [-0.15, -0.1) is 0 Å². The Morgan fingerprint density at radius 1 is 1.47 bits per heavy atom. The van der Waals surface area contributed by atoms with Crippen molar-refractivity contribution in [3.8, 4) is 0 Å². The van der Waals surface area contributed by atoms with Gasteiger partial charge < -0.3 is 5.32 Å². The lowest BCUT2D eigenvalue weighted by Crippen LogP contribution is -2.35. The molecule has 4 atom stereocenters. The molecule has 0 aliphatic carbocycles. The first-order valence-corrected chi connectivity index (χ1v) is 9.11. The summed E-state index contributed by atoms with van der Waals surface area (Å²) in [6.07, 6.45) is 5.37. The monoisotopic (exact) mass is 299 g/mol. The zero-order valence-corrected chi connectivity index (χ0v) is 13.9. The number of aromatic nitrogens is 2. The molecule has 5 heteroatoms. The van der Waals surface area contributed by atoms with Crippen LogP contribution in [-0.4, -0.2) is 38.3 Å². The molecule has 19 heavy (non-hydrogen) atoms. The highest BCUT2D eigenvalue weighted by Crippen LogP contribution is 2.40. The van der Waals surface area contributed by atoms with E-state index in [1.807, 2.05) is 6.20 Å². The van der Waals surface area contributed by atoms with Crippen molar-refractivity contribution in [2.75, 3.05) is 12.8 Å². The van der Waals surface area contributed by atoms with Gasteiger partial charge in [-0.2, -0.15) is 28.6 Å². The molecule has 0 amide bonds. The molecule has 4 unspecified atom stereocenters. The van der Waals surface area contributed by atoms with Crippen molar-refractivity contribution in [3.63, 3.8) is 0 Å². The molecule has 0 saturated carbocycles. The van der Waals surface area contributed by atoms with Crippen LogP contribution in [0.2, 0.25) is 0 Å². The van der Waals surface area contributed by atoms with Crippen LogP contribution in [0.3, 0.4) is 0 Å². The Kier molecular flexibility index (Phi) is 5.66. The highest BCUT2D eigenvalue weighted by Gasteiger charge is 2.31. The Morgan fingerprint density at radius 3 is 2.89 bits per heavy atom. The van der Waals surface area contributed by atoms with Gasteiger partial charge in [0.2, 0.25) is 0 Å². The Hall–Kier alpha value is -0.130. The van der Waals surface area contributed by atoms with Crippen LogP contribution in [-0.2, 0) is 6.54 Å². The van der Waals surface area contributed by atoms with E-state index >= 15 is 0 Å². The second-order valence-electron chi connectivity index (χ2n) is 5.22. The lowest BCUT2D eigenvalue weighted by atomic mass is 10.1. The Bertz CT molecular complexity index is 394. The van der Waals surface area contributed by atoms with E-state index in [4.69, 9.17) is 0 Å². The summed E-state index contributed by atoms with van der Waals surface area (Å²) in [6, 6.07) is 0.415. The van der Waals surface area contributed by atoms with Gasteiger partial charge in [-0.1, -0.05) is 20.8 Å². The second-order valence-corrected chi connectivity index (χ2v) is 8.25. The van der Waals surface area contributed by atoms with Crippen molar-refractivity contribution < 1.29 is 0 Å². The number of rotatable bonds is 5. The molecule has 0 aromatic carbocycles. The molecular formula is C14H25N3S2. The quantitative estimate of drug-likeness (QED) is 0.904. The topological polar surface area (TPSA) is 29.9 Å². The van der Waals surface area contributed by atoms with Gasteiger partial charge in [0.05, 0.1) is 6.20 Å². The van der Waals surface area contributed by atoms with Crippen molar-refractivity contribution in [3.05, 3.63) is 18.0 Å². The third kappa shape index (κ3) is 3.70. The molecular weight excluding hydrogens is 274 g/mol. The first kappa shape index (κ1) is 15.3. The zero-order valence-electron chi connectivity index (χ0n) is 12.3. The average molecular weight is 300 g/mol. The van der Waals surface area contributed by atoms with Gasteiger partial charge in [0.1, 0.15) is 0 Å². The minimum atomic E-state index is 0.415. The van der Waals surface area contributed by atoms with Crippen LogP contribution in [0.4, 0.5) is 0 Å². The van der Waals surface area contributed by atoms with E-state index in [1.165, 1.54) is 11.3 Å². The Morgan fingerprint density at radius 2 is 2.26 bits per heavy atom. The molecule has 1 aromatic heterocycles. The molecule has 1 fully saturated rings. The molecule has 1 N–H and O–H groups in total. The first-order valence-electron chi connectivity index (χ1n) is 7.12. The number of hydrogen-bond acceptors (Lipinski definition) is 4. The normalized spacial score (nSPS) is 29.4. The summed E-state index contributed by atoms with van der Waals surface area (Å²) >= 11 is 4.23. The van der Waals surface area contributed by atoms with Gasteiger partial charge in [0, 0.05) is 45.8 Å². The van der Waals surface area contributed by atoms with Gasteiger partial charge in [-0.25, -0.2) is 0 Å². The summed E-state index contributed by atoms with van der Waals surface area (Å²) in [6.45, 7) is 7.89. The number of nitrogens with zero attached hydrogens (tertiary/aromatic N) is 2. The van der Waals surface area contributed by atoms with Gasteiger partial charge in [-0.05, 0) is 13.5 Å². The largest absolute Gasteiger partial charge is 0.312 e.